The van der Waals surface area contributed by atoms with E-state index in [0.29, 0.717) is 35.7 Å². The molecule has 1 saturated heterocycles. The van der Waals surface area contributed by atoms with Crippen LogP contribution in [0.3, 0.4) is 0 Å². The predicted octanol–water partition coefficient (Wildman–Crippen LogP) is 3.31. The van der Waals surface area contributed by atoms with E-state index in [-0.39, 0.29) is 5.91 Å². The molecule has 4 heterocycles. The Hall–Kier alpha value is -3.35. The summed E-state index contributed by atoms with van der Waals surface area (Å²) in [4.78, 5) is 27.9. The minimum absolute atomic E-state index is 0.235. The number of piperidine rings is 1. The molecule has 158 valence electrons. The van der Waals surface area contributed by atoms with Gasteiger partial charge in [0.25, 0.3) is 5.91 Å². The van der Waals surface area contributed by atoms with E-state index in [1.807, 2.05) is 36.4 Å². The molecule has 0 atom stereocenters. The zero-order valence-corrected chi connectivity index (χ0v) is 17.8. The Balaban J connectivity index is 1.34. The molecule has 3 aromatic rings. The second-order valence-electron chi connectivity index (χ2n) is 7.32. The number of aromatic nitrogens is 3. The van der Waals surface area contributed by atoms with E-state index in [1.165, 1.54) is 11.3 Å². The number of amides is 1. The minimum atomic E-state index is -0.235. The van der Waals surface area contributed by atoms with Gasteiger partial charge in [0.1, 0.15) is 11.5 Å². The molecule has 0 radical (unpaired) electrons. The zero-order chi connectivity index (χ0) is 21.5. The second kappa shape index (κ2) is 10.1. The minimum Gasteiger partial charge on any atom is -0.345 e. The summed E-state index contributed by atoms with van der Waals surface area (Å²) in [6, 6.07) is 13.7. The van der Waals surface area contributed by atoms with E-state index in [2.05, 4.69) is 31.6 Å². The average Bonchev–Trinajstić information content (AvgIpc) is 3.28. The van der Waals surface area contributed by atoms with Crippen molar-refractivity contribution in [3.63, 3.8) is 0 Å². The van der Waals surface area contributed by atoms with Gasteiger partial charge >= 0.3 is 0 Å². The number of nitriles is 1. The zero-order valence-electron chi connectivity index (χ0n) is 17.0. The number of likely N-dealkylation sites (tertiary alicyclic amines) is 1. The van der Waals surface area contributed by atoms with Gasteiger partial charge in [-0.25, -0.2) is 9.97 Å². The van der Waals surface area contributed by atoms with E-state index in [9.17, 15) is 4.79 Å². The van der Waals surface area contributed by atoms with Crippen LogP contribution in [-0.4, -0.2) is 45.4 Å². The van der Waals surface area contributed by atoms with Crippen LogP contribution in [0.25, 0.3) is 0 Å². The smallest absolute Gasteiger partial charge is 0.271 e. The van der Waals surface area contributed by atoms with E-state index in [0.717, 1.165) is 37.3 Å². The van der Waals surface area contributed by atoms with Crippen LogP contribution in [0.2, 0.25) is 0 Å². The Morgan fingerprint density at radius 2 is 2.06 bits per heavy atom. The lowest BCUT2D eigenvalue weighted by molar-refractivity contribution is 0.0946. The first kappa shape index (κ1) is 20.9. The van der Waals surface area contributed by atoms with Crippen molar-refractivity contribution in [3.05, 3.63) is 65.1 Å². The lowest BCUT2D eigenvalue weighted by atomic mass is 9.93. The highest BCUT2D eigenvalue weighted by Gasteiger charge is 2.21. The van der Waals surface area contributed by atoms with E-state index in [1.54, 1.807) is 11.6 Å². The Bertz CT molecular complexity index is 1050. The standard InChI is InChI=1S/C22H23N7OS/c23-9-13-29-11-7-16(8-12-29)18-5-3-6-20(26-18)28-22-27-19(15-31-22)21(30)25-14-17-4-1-2-10-24-17/h1-6,10,15-16H,7-8,11-14H2,(H,25,30)(H,26,27,28). The monoisotopic (exact) mass is 433 g/mol. The van der Waals surface area contributed by atoms with Crippen molar-refractivity contribution in [1.82, 2.24) is 25.2 Å². The largest absolute Gasteiger partial charge is 0.345 e. The first-order valence-corrected chi connectivity index (χ1v) is 11.1. The van der Waals surface area contributed by atoms with Gasteiger partial charge in [0, 0.05) is 23.2 Å². The highest BCUT2D eigenvalue weighted by Crippen LogP contribution is 2.28. The van der Waals surface area contributed by atoms with Gasteiger partial charge in [-0.15, -0.1) is 11.3 Å². The highest BCUT2D eigenvalue weighted by molar-refractivity contribution is 7.14. The van der Waals surface area contributed by atoms with Crippen molar-refractivity contribution in [2.45, 2.75) is 25.3 Å². The number of hydrogen-bond acceptors (Lipinski definition) is 8. The Labute approximate surface area is 185 Å². The van der Waals surface area contributed by atoms with Crippen LogP contribution in [0.4, 0.5) is 10.9 Å². The van der Waals surface area contributed by atoms with Gasteiger partial charge in [0.05, 0.1) is 24.9 Å². The normalized spacial score (nSPS) is 14.7. The summed E-state index contributed by atoms with van der Waals surface area (Å²) in [6.07, 6.45) is 3.69. The van der Waals surface area contributed by atoms with E-state index >= 15 is 0 Å². The first-order valence-electron chi connectivity index (χ1n) is 10.2. The number of thiazole rings is 1. The molecule has 1 fully saturated rings. The summed E-state index contributed by atoms with van der Waals surface area (Å²) < 4.78 is 0. The van der Waals surface area contributed by atoms with Crippen LogP contribution in [-0.2, 0) is 6.54 Å². The van der Waals surface area contributed by atoms with Crippen molar-refractivity contribution in [2.24, 2.45) is 0 Å². The first-order chi connectivity index (χ1) is 15.2. The number of carbonyl (C=O) groups is 1. The Morgan fingerprint density at radius 3 is 2.84 bits per heavy atom. The number of pyridine rings is 2. The van der Waals surface area contributed by atoms with Crippen LogP contribution in [0.1, 0.15) is 40.6 Å². The lowest BCUT2D eigenvalue weighted by Gasteiger charge is -2.29. The molecule has 0 bridgehead atoms. The van der Waals surface area contributed by atoms with Gasteiger partial charge in [-0.1, -0.05) is 12.1 Å². The third kappa shape index (κ3) is 5.63. The van der Waals surface area contributed by atoms with Gasteiger partial charge in [-0.05, 0) is 50.2 Å². The molecule has 4 rings (SSSR count). The van der Waals surface area contributed by atoms with Gasteiger partial charge in [-0.2, -0.15) is 5.26 Å². The number of anilines is 2. The lowest BCUT2D eigenvalue weighted by Crippen LogP contribution is -2.33. The van der Waals surface area contributed by atoms with Crippen LogP contribution in [0.5, 0.6) is 0 Å². The molecule has 9 heteroatoms. The SMILES string of the molecule is N#CCN1CCC(c2cccc(Nc3nc(C(=O)NCc4ccccn4)cs3)n2)CC1. The third-order valence-corrected chi connectivity index (χ3v) is 5.96. The highest BCUT2D eigenvalue weighted by atomic mass is 32.1. The molecule has 2 N–H and O–H groups in total. The average molecular weight is 434 g/mol. The number of hydrogen-bond donors (Lipinski definition) is 2. The van der Waals surface area contributed by atoms with Crippen LogP contribution in [0, 0.1) is 11.3 Å². The number of rotatable bonds is 7. The fourth-order valence-corrected chi connectivity index (χ4v) is 4.24. The molecule has 0 aliphatic carbocycles. The van der Waals surface area contributed by atoms with Gasteiger partial charge in [0.15, 0.2) is 5.13 Å². The summed E-state index contributed by atoms with van der Waals surface area (Å²) in [5.41, 5.74) is 2.21. The van der Waals surface area contributed by atoms with Crippen molar-refractivity contribution < 1.29 is 4.79 Å². The fraction of sp³-hybridized carbons (Fsp3) is 0.318. The van der Waals surface area contributed by atoms with Gasteiger partial charge in [0.2, 0.25) is 0 Å². The van der Waals surface area contributed by atoms with Crippen molar-refractivity contribution >= 4 is 28.2 Å². The molecular weight excluding hydrogens is 410 g/mol. The second-order valence-corrected chi connectivity index (χ2v) is 8.18. The molecule has 0 saturated carbocycles. The Morgan fingerprint density at radius 1 is 1.19 bits per heavy atom. The fourth-order valence-electron chi connectivity index (χ4n) is 3.54. The van der Waals surface area contributed by atoms with Gasteiger partial charge < -0.3 is 10.6 Å². The molecule has 31 heavy (non-hydrogen) atoms. The maximum Gasteiger partial charge on any atom is 0.271 e. The van der Waals surface area contributed by atoms with Crippen LogP contribution < -0.4 is 10.6 Å². The van der Waals surface area contributed by atoms with Crippen molar-refractivity contribution in [2.75, 3.05) is 25.0 Å². The molecular formula is C22H23N7OS. The van der Waals surface area contributed by atoms with Crippen LogP contribution in [0.15, 0.2) is 48.0 Å². The maximum atomic E-state index is 12.4. The van der Waals surface area contributed by atoms with E-state index < -0.39 is 0 Å². The molecule has 8 nitrogen and oxygen atoms in total. The molecule has 0 spiro atoms. The summed E-state index contributed by atoms with van der Waals surface area (Å²) in [5, 5.41) is 17.2. The summed E-state index contributed by atoms with van der Waals surface area (Å²) in [5.74, 6) is 0.869. The maximum absolute atomic E-state index is 12.4. The topological polar surface area (TPSA) is 107 Å². The molecule has 3 aromatic heterocycles. The van der Waals surface area contributed by atoms with Crippen LogP contribution >= 0.6 is 11.3 Å². The van der Waals surface area contributed by atoms with E-state index in [4.69, 9.17) is 10.2 Å². The third-order valence-electron chi connectivity index (χ3n) is 5.20. The molecule has 1 amide bonds. The quantitative estimate of drug-likeness (QED) is 0.551. The molecule has 1 aliphatic rings. The Kier molecular flexibility index (Phi) is 6.82. The summed E-state index contributed by atoms with van der Waals surface area (Å²) in [6.45, 7) is 2.68. The van der Waals surface area contributed by atoms with Gasteiger partial charge in [-0.3, -0.25) is 14.7 Å². The number of nitrogens with one attached hydrogen (secondary N) is 2. The molecule has 0 aromatic carbocycles. The number of nitrogens with zero attached hydrogens (tertiary/aromatic N) is 5. The number of carbonyl (C=O) groups excluding carboxylic acids is 1. The van der Waals surface area contributed by atoms with Crippen molar-refractivity contribution in [3.8, 4) is 6.07 Å². The molecule has 0 unspecified atom stereocenters. The molecule has 1 aliphatic heterocycles. The predicted molar refractivity (Wildman–Crippen MR) is 119 cm³/mol. The summed E-state index contributed by atoms with van der Waals surface area (Å²) >= 11 is 1.37. The summed E-state index contributed by atoms with van der Waals surface area (Å²) in [7, 11) is 0. The van der Waals surface area contributed by atoms with Crippen molar-refractivity contribution in [1.29, 1.82) is 5.26 Å².